The highest BCUT2D eigenvalue weighted by atomic mass is 19.1. The number of aliphatic imine (C=N–C) groups is 1. The van der Waals surface area contributed by atoms with Gasteiger partial charge in [-0.2, -0.15) is 0 Å². The number of nitrogens with one attached hydrogen (secondary N) is 2. The first-order valence-electron chi connectivity index (χ1n) is 10.6. The SMILES string of the molecule is CC1=CC(N2CCNC3(CC3)C2)=CN2C(=O)NC(c3cc(F)c4nc(C)cn4c3)N=C12. The Morgan fingerprint density at radius 2 is 2.10 bits per heavy atom. The molecule has 5 heterocycles. The van der Waals surface area contributed by atoms with E-state index in [1.165, 1.54) is 18.9 Å². The molecule has 1 unspecified atom stereocenters. The normalized spacial score (nSPS) is 24.5. The number of hydrogen-bond acceptors (Lipinski definition) is 5. The molecule has 3 aliphatic heterocycles. The Labute approximate surface area is 179 Å². The number of hydrogen-bond donors (Lipinski definition) is 2. The Hall–Kier alpha value is -3.20. The van der Waals surface area contributed by atoms with Crippen molar-refractivity contribution < 1.29 is 9.18 Å². The van der Waals surface area contributed by atoms with E-state index in [0.29, 0.717) is 11.4 Å². The monoisotopic (exact) mass is 421 g/mol. The van der Waals surface area contributed by atoms with Crippen LogP contribution in [0.15, 0.2) is 47.0 Å². The zero-order chi connectivity index (χ0) is 21.3. The highest BCUT2D eigenvalue weighted by molar-refractivity contribution is 6.10. The third kappa shape index (κ3) is 3.03. The average Bonchev–Trinajstić information content (AvgIpc) is 3.36. The molecule has 1 spiro atoms. The molecule has 8 nitrogen and oxygen atoms in total. The molecule has 1 saturated heterocycles. The van der Waals surface area contributed by atoms with E-state index in [1.54, 1.807) is 21.7 Å². The van der Waals surface area contributed by atoms with Gasteiger partial charge in [0.1, 0.15) is 5.84 Å². The van der Waals surface area contributed by atoms with Crippen molar-refractivity contribution in [3.05, 3.63) is 59.1 Å². The number of aryl methyl sites for hydroxylation is 1. The molecule has 4 aliphatic rings. The van der Waals surface area contributed by atoms with Crippen LogP contribution in [0.3, 0.4) is 0 Å². The summed E-state index contributed by atoms with van der Waals surface area (Å²) in [6.07, 6.45) is 9.23. The molecule has 160 valence electrons. The highest BCUT2D eigenvalue weighted by Crippen LogP contribution is 2.39. The Bertz CT molecular complexity index is 1210. The number of carbonyl (C=O) groups is 1. The van der Waals surface area contributed by atoms with Gasteiger partial charge in [-0.1, -0.05) is 0 Å². The summed E-state index contributed by atoms with van der Waals surface area (Å²) in [6.45, 7) is 6.59. The third-order valence-electron chi connectivity index (χ3n) is 6.49. The van der Waals surface area contributed by atoms with Crippen LogP contribution in [-0.2, 0) is 0 Å². The summed E-state index contributed by atoms with van der Waals surface area (Å²) >= 11 is 0. The molecule has 2 aromatic rings. The molecule has 0 bridgehead atoms. The minimum absolute atomic E-state index is 0.249. The number of aromatic nitrogens is 2. The van der Waals surface area contributed by atoms with Crippen molar-refractivity contribution in [2.45, 2.75) is 38.4 Å². The predicted octanol–water partition coefficient (Wildman–Crippen LogP) is 2.44. The van der Waals surface area contributed by atoms with Crippen molar-refractivity contribution in [1.82, 2.24) is 29.8 Å². The molecule has 0 aromatic carbocycles. The molecular weight excluding hydrogens is 397 g/mol. The van der Waals surface area contributed by atoms with Gasteiger partial charge in [-0.25, -0.2) is 19.2 Å². The number of allylic oxidation sites excluding steroid dienone is 1. The number of imidazole rings is 1. The van der Waals surface area contributed by atoms with Crippen LogP contribution in [0.5, 0.6) is 0 Å². The lowest BCUT2D eigenvalue weighted by atomic mass is 10.1. The van der Waals surface area contributed by atoms with E-state index in [1.807, 2.05) is 20.0 Å². The van der Waals surface area contributed by atoms with E-state index in [9.17, 15) is 9.18 Å². The minimum Gasteiger partial charge on any atom is -0.367 e. The Balaban J connectivity index is 1.33. The predicted molar refractivity (Wildman–Crippen MR) is 114 cm³/mol. The summed E-state index contributed by atoms with van der Waals surface area (Å²) in [7, 11) is 0. The molecular formula is C22H24FN7O. The second-order valence-corrected chi connectivity index (χ2v) is 8.92. The van der Waals surface area contributed by atoms with Crippen molar-refractivity contribution in [3.63, 3.8) is 0 Å². The molecule has 0 radical (unpaired) electrons. The van der Waals surface area contributed by atoms with Crippen LogP contribution in [0.4, 0.5) is 9.18 Å². The number of nitrogens with zero attached hydrogens (tertiary/aromatic N) is 5. The molecule has 6 rings (SSSR count). The van der Waals surface area contributed by atoms with E-state index in [0.717, 1.165) is 36.6 Å². The number of pyridine rings is 1. The Morgan fingerprint density at radius 1 is 1.26 bits per heavy atom. The van der Waals surface area contributed by atoms with Gasteiger partial charge in [0.25, 0.3) is 0 Å². The van der Waals surface area contributed by atoms with Crippen molar-refractivity contribution in [2.24, 2.45) is 4.99 Å². The molecule has 2 fully saturated rings. The fourth-order valence-corrected chi connectivity index (χ4v) is 4.71. The smallest absolute Gasteiger partial charge is 0.329 e. The molecule has 2 aromatic heterocycles. The minimum atomic E-state index is -0.660. The molecule has 1 saturated carbocycles. The van der Waals surface area contributed by atoms with Crippen LogP contribution < -0.4 is 10.6 Å². The first kappa shape index (κ1) is 18.6. The van der Waals surface area contributed by atoms with E-state index in [-0.39, 0.29) is 17.2 Å². The second-order valence-electron chi connectivity index (χ2n) is 8.92. The fraction of sp³-hybridized carbons (Fsp3) is 0.409. The van der Waals surface area contributed by atoms with Gasteiger partial charge in [0.05, 0.1) is 11.4 Å². The van der Waals surface area contributed by atoms with Crippen LogP contribution in [0.1, 0.15) is 37.2 Å². The Morgan fingerprint density at radius 3 is 2.90 bits per heavy atom. The van der Waals surface area contributed by atoms with Gasteiger partial charge in [-0.15, -0.1) is 0 Å². The van der Waals surface area contributed by atoms with Gasteiger partial charge in [0.15, 0.2) is 17.6 Å². The summed E-state index contributed by atoms with van der Waals surface area (Å²) in [6, 6.07) is 1.13. The van der Waals surface area contributed by atoms with Crippen LogP contribution in [0.2, 0.25) is 0 Å². The van der Waals surface area contributed by atoms with Crippen molar-refractivity contribution in [1.29, 1.82) is 0 Å². The van der Waals surface area contributed by atoms with Crippen LogP contribution in [-0.4, -0.2) is 56.2 Å². The van der Waals surface area contributed by atoms with Gasteiger partial charge >= 0.3 is 6.03 Å². The zero-order valence-corrected chi connectivity index (χ0v) is 17.5. The molecule has 2 N–H and O–H groups in total. The number of amides is 2. The average molecular weight is 421 g/mol. The van der Waals surface area contributed by atoms with Crippen LogP contribution in [0.25, 0.3) is 5.65 Å². The van der Waals surface area contributed by atoms with Crippen LogP contribution >= 0.6 is 0 Å². The summed E-state index contributed by atoms with van der Waals surface area (Å²) in [4.78, 5) is 25.8. The quantitative estimate of drug-likeness (QED) is 0.781. The van der Waals surface area contributed by atoms with Crippen LogP contribution in [0, 0.1) is 12.7 Å². The maximum Gasteiger partial charge on any atom is 0.329 e. The number of halogens is 1. The summed E-state index contributed by atoms with van der Waals surface area (Å²) in [5.74, 6) is 0.157. The van der Waals surface area contributed by atoms with E-state index >= 15 is 0 Å². The summed E-state index contributed by atoms with van der Waals surface area (Å²) in [5.41, 5.74) is 3.76. The lowest BCUT2D eigenvalue weighted by Crippen LogP contribution is -2.53. The number of urea groups is 1. The summed E-state index contributed by atoms with van der Waals surface area (Å²) in [5, 5.41) is 6.51. The lowest BCUT2D eigenvalue weighted by molar-refractivity contribution is 0.217. The molecule has 9 heteroatoms. The lowest BCUT2D eigenvalue weighted by Gasteiger charge is -2.39. The van der Waals surface area contributed by atoms with E-state index < -0.39 is 12.0 Å². The van der Waals surface area contributed by atoms with Gasteiger partial charge in [0.2, 0.25) is 0 Å². The zero-order valence-electron chi connectivity index (χ0n) is 17.5. The molecule has 2 amide bonds. The first-order valence-corrected chi connectivity index (χ1v) is 10.6. The number of piperazine rings is 1. The van der Waals surface area contributed by atoms with Crippen molar-refractivity contribution in [3.8, 4) is 0 Å². The van der Waals surface area contributed by atoms with Gasteiger partial charge in [-0.3, -0.25) is 4.90 Å². The Kier molecular flexibility index (Phi) is 3.83. The molecule has 1 atom stereocenters. The van der Waals surface area contributed by atoms with Gasteiger partial charge in [-0.05, 0) is 44.4 Å². The largest absolute Gasteiger partial charge is 0.367 e. The van der Waals surface area contributed by atoms with Gasteiger partial charge < -0.3 is 19.9 Å². The number of fused-ring (bicyclic) bond motifs is 2. The first-order chi connectivity index (χ1) is 14.9. The maximum absolute atomic E-state index is 14.6. The third-order valence-corrected chi connectivity index (χ3v) is 6.49. The van der Waals surface area contributed by atoms with E-state index in [2.05, 4.69) is 26.6 Å². The maximum atomic E-state index is 14.6. The van der Waals surface area contributed by atoms with Gasteiger partial charge in [0, 0.05) is 49.3 Å². The highest BCUT2D eigenvalue weighted by Gasteiger charge is 2.46. The number of rotatable bonds is 2. The van der Waals surface area contributed by atoms with Crippen molar-refractivity contribution >= 4 is 17.5 Å². The number of carbonyl (C=O) groups excluding carboxylic acids is 1. The fourth-order valence-electron chi connectivity index (χ4n) is 4.71. The second kappa shape index (κ2) is 6.40. The van der Waals surface area contributed by atoms with Crippen molar-refractivity contribution in [2.75, 3.05) is 19.6 Å². The molecule has 31 heavy (non-hydrogen) atoms. The standard InChI is InChI=1S/C22H24FN7O/c1-13-7-16(28-6-5-24-22(12-28)3-4-22)11-30-19(13)26-18(27-21(30)31)15-8-17(23)20-25-14(2)9-29(20)10-15/h7-11,18,24H,3-6,12H2,1-2H3,(H,27,31). The molecule has 1 aliphatic carbocycles. The summed E-state index contributed by atoms with van der Waals surface area (Å²) < 4.78 is 16.2. The van der Waals surface area contributed by atoms with E-state index in [4.69, 9.17) is 4.99 Å². The number of amidine groups is 1. The topological polar surface area (TPSA) is 77.3 Å².